The molecule has 0 aromatic heterocycles. The standard InChI is InChI=1S/C13H28N2O/c1-12(2)8-5-7-11-15-13(16)9-4-3-6-10-14/h12H,3-11,14H2,1-2H3,(H,15,16). The SMILES string of the molecule is CC(C)CCCCNC(=O)CCCCCN. The summed E-state index contributed by atoms with van der Waals surface area (Å²) in [5.74, 6) is 0.966. The maximum Gasteiger partial charge on any atom is 0.219 e. The summed E-state index contributed by atoms with van der Waals surface area (Å²) in [6.45, 7) is 6.03. The number of carbonyl (C=O) groups is 1. The molecule has 0 saturated carbocycles. The molecule has 3 nitrogen and oxygen atoms in total. The maximum absolute atomic E-state index is 11.4. The average molecular weight is 228 g/mol. The van der Waals surface area contributed by atoms with E-state index in [1.165, 1.54) is 12.8 Å². The minimum atomic E-state index is 0.196. The molecule has 0 bridgehead atoms. The lowest BCUT2D eigenvalue weighted by Gasteiger charge is -2.06. The Morgan fingerprint density at radius 2 is 1.88 bits per heavy atom. The maximum atomic E-state index is 11.4. The molecule has 0 aromatic rings. The van der Waals surface area contributed by atoms with E-state index in [1.54, 1.807) is 0 Å². The zero-order valence-corrected chi connectivity index (χ0v) is 10.9. The number of unbranched alkanes of at least 4 members (excludes halogenated alkanes) is 3. The summed E-state index contributed by atoms with van der Waals surface area (Å²) < 4.78 is 0. The van der Waals surface area contributed by atoms with Gasteiger partial charge in [-0.25, -0.2) is 0 Å². The van der Waals surface area contributed by atoms with Crippen molar-refractivity contribution in [3.05, 3.63) is 0 Å². The first-order valence-electron chi connectivity index (χ1n) is 6.63. The number of amides is 1. The topological polar surface area (TPSA) is 55.1 Å². The number of carbonyl (C=O) groups excluding carboxylic acids is 1. The number of hydrogen-bond acceptors (Lipinski definition) is 2. The highest BCUT2D eigenvalue weighted by Crippen LogP contribution is 2.05. The van der Waals surface area contributed by atoms with Crippen LogP contribution >= 0.6 is 0 Å². The first kappa shape index (κ1) is 15.4. The van der Waals surface area contributed by atoms with Crippen LogP contribution in [0, 0.1) is 5.92 Å². The van der Waals surface area contributed by atoms with Crippen LogP contribution in [0.25, 0.3) is 0 Å². The van der Waals surface area contributed by atoms with Gasteiger partial charge < -0.3 is 11.1 Å². The largest absolute Gasteiger partial charge is 0.356 e. The monoisotopic (exact) mass is 228 g/mol. The fourth-order valence-corrected chi connectivity index (χ4v) is 1.60. The van der Waals surface area contributed by atoms with E-state index in [1.807, 2.05) is 0 Å². The molecule has 0 saturated heterocycles. The molecule has 0 aliphatic carbocycles. The van der Waals surface area contributed by atoms with E-state index in [4.69, 9.17) is 5.73 Å². The molecular formula is C13H28N2O. The summed E-state index contributed by atoms with van der Waals surface area (Å²) in [7, 11) is 0. The molecule has 3 N–H and O–H groups in total. The van der Waals surface area contributed by atoms with Gasteiger partial charge in [0.05, 0.1) is 0 Å². The van der Waals surface area contributed by atoms with Gasteiger partial charge in [-0.2, -0.15) is 0 Å². The van der Waals surface area contributed by atoms with Crippen molar-refractivity contribution in [1.29, 1.82) is 0 Å². The lowest BCUT2D eigenvalue weighted by atomic mass is 10.1. The van der Waals surface area contributed by atoms with Gasteiger partial charge in [-0.3, -0.25) is 4.79 Å². The van der Waals surface area contributed by atoms with E-state index in [0.717, 1.165) is 44.7 Å². The Morgan fingerprint density at radius 1 is 1.12 bits per heavy atom. The lowest BCUT2D eigenvalue weighted by Crippen LogP contribution is -2.24. The number of rotatable bonds is 10. The van der Waals surface area contributed by atoms with Crippen molar-refractivity contribution in [2.45, 2.75) is 58.8 Å². The van der Waals surface area contributed by atoms with Crippen LogP contribution in [0.1, 0.15) is 58.8 Å². The summed E-state index contributed by atoms with van der Waals surface area (Å²) in [5.41, 5.74) is 5.38. The Kier molecular flexibility index (Phi) is 10.5. The molecular weight excluding hydrogens is 200 g/mol. The zero-order valence-electron chi connectivity index (χ0n) is 10.9. The molecule has 0 rings (SSSR count). The Morgan fingerprint density at radius 3 is 2.50 bits per heavy atom. The van der Waals surface area contributed by atoms with Crippen LogP contribution in [0.2, 0.25) is 0 Å². The van der Waals surface area contributed by atoms with Gasteiger partial charge in [-0.05, 0) is 31.7 Å². The minimum Gasteiger partial charge on any atom is -0.356 e. The van der Waals surface area contributed by atoms with Gasteiger partial charge in [-0.1, -0.05) is 33.1 Å². The van der Waals surface area contributed by atoms with Crippen LogP contribution in [-0.4, -0.2) is 19.0 Å². The smallest absolute Gasteiger partial charge is 0.219 e. The van der Waals surface area contributed by atoms with Crippen LogP contribution in [-0.2, 0) is 4.79 Å². The second-order valence-corrected chi connectivity index (χ2v) is 4.84. The highest BCUT2D eigenvalue weighted by molar-refractivity contribution is 5.75. The molecule has 0 atom stereocenters. The molecule has 16 heavy (non-hydrogen) atoms. The number of hydrogen-bond donors (Lipinski definition) is 2. The van der Waals surface area contributed by atoms with E-state index in [-0.39, 0.29) is 5.91 Å². The second kappa shape index (κ2) is 10.9. The highest BCUT2D eigenvalue weighted by atomic mass is 16.1. The summed E-state index contributed by atoms with van der Waals surface area (Å²) in [6.07, 6.45) is 7.29. The van der Waals surface area contributed by atoms with E-state index in [0.29, 0.717) is 6.42 Å². The molecule has 0 heterocycles. The zero-order chi connectivity index (χ0) is 12.2. The first-order valence-corrected chi connectivity index (χ1v) is 6.63. The lowest BCUT2D eigenvalue weighted by molar-refractivity contribution is -0.121. The van der Waals surface area contributed by atoms with Crippen LogP contribution in [0.5, 0.6) is 0 Å². The predicted octanol–water partition coefficient (Wildman–Crippen LogP) is 2.45. The molecule has 0 aliphatic rings. The van der Waals surface area contributed by atoms with Crippen molar-refractivity contribution in [3.8, 4) is 0 Å². The van der Waals surface area contributed by atoms with Gasteiger partial charge in [0, 0.05) is 13.0 Å². The Balaban J connectivity index is 3.17. The molecule has 0 aromatic carbocycles. The molecule has 0 radical (unpaired) electrons. The molecule has 0 spiro atoms. The van der Waals surface area contributed by atoms with Crippen molar-refractivity contribution in [2.75, 3.05) is 13.1 Å². The van der Waals surface area contributed by atoms with Crippen molar-refractivity contribution in [1.82, 2.24) is 5.32 Å². The molecule has 1 amide bonds. The van der Waals surface area contributed by atoms with Gasteiger partial charge in [0.1, 0.15) is 0 Å². The molecule has 0 unspecified atom stereocenters. The van der Waals surface area contributed by atoms with E-state index in [9.17, 15) is 4.79 Å². The third-order valence-corrected chi connectivity index (χ3v) is 2.64. The Labute approximate surface area is 100 Å². The normalized spacial score (nSPS) is 10.8. The second-order valence-electron chi connectivity index (χ2n) is 4.84. The number of nitrogens with one attached hydrogen (secondary N) is 1. The summed E-state index contributed by atoms with van der Waals surface area (Å²) in [6, 6.07) is 0. The van der Waals surface area contributed by atoms with Crippen LogP contribution in [0.15, 0.2) is 0 Å². The molecule has 3 heteroatoms. The highest BCUT2D eigenvalue weighted by Gasteiger charge is 2.00. The fraction of sp³-hybridized carbons (Fsp3) is 0.923. The predicted molar refractivity (Wildman–Crippen MR) is 69.2 cm³/mol. The summed E-state index contributed by atoms with van der Waals surface area (Å²) in [5, 5.41) is 2.96. The molecule has 0 fully saturated rings. The average Bonchev–Trinajstić information content (AvgIpc) is 2.23. The van der Waals surface area contributed by atoms with E-state index in [2.05, 4.69) is 19.2 Å². The fourth-order valence-electron chi connectivity index (χ4n) is 1.60. The Bertz CT molecular complexity index is 169. The van der Waals surface area contributed by atoms with Crippen molar-refractivity contribution in [2.24, 2.45) is 11.7 Å². The van der Waals surface area contributed by atoms with Crippen LogP contribution in [0.3, 0.4) is 0 Å². The Hall–Kier alpha value is -0.570. The third kappa shape index (κ3) is 11.5. The van der Waals surface area contributed by atoms with E-state index >= 15 is 0 Å². The molecule has 0 aliphatic heterocycles. The van der Waals surface area contributed by atoms with Crippen molar-refractivity contribution >= 4 is 5.91 Å². The van der Waals surface area contributed by atoms with Gasteiger partial charge in [0.2, 0.25) is 5.91 Å². The third-order valence-electron chi connectivity index (χ3n) is 2.64. The summed E-state index contributed by atoms with van der Waals surface area (Å²) >= 11 is 0. The quantitative estimate of drug-likeness (QED) is 0.564. The van der Waals surface area contributed by atoms with Crippen molar-refractivity contribution in [3.63, 3.8) is 0 Å². The first-order chi connectivity index (χ1) is 7.66. The van der Waals surface area contributed by atoms with Gasteiger partial charge in [-0.15, -0.1) is 0 Å². The molecule has 96 valence electrons. The van der Waals surface area contributed by atoms with Gasteiger partial charge in [0.15, 0.2) is 0 Å². The van der Waals surface area contributed by atoms with Crippen LogP contribution in [0.4, 0.5) is 0 Å². The van der Waals surface area contributed by atoms with Crippen molar-refractivity contribution < 1.29 is 4.79 Å². The minimum absolute atomic E-state index is 0.196. The van der Waals surface area contributed by atoms with Gasteiger partial charge >= 0.3 is 0 Å². The van der Waals surface area contributed by atoms with Crippen LogP contribution < -0.4 is 11.1 Å². The van der Waals surface area contributed by atoms with E-state index < -0.39 is 0 Å². The van der Waals surface area contributed by atoms with Gasteiger partial charge in [0.25, 0.3) is 0 Å². The number of nitrogens with two attached hydrogens (primary N) is 1. The summed E-state index contributed by atoms with van der Waals surface area (Å²) in [4.78, 5) is 11.4.